The summed E-state index contributed by atoms with van der Waals surface area (Å²) in [5.74, 6) is -0.148. The lowest BCUT2D eigenvalue weighted by molar-refractivity contribution is 0.0218. The average Bonchev–Trinajstić information content (AvgIpc) is 2.57. The highest BCUT2D eigenvalue weighted by Crippen LogP contribution is 2.23. The van der Waals surface area contributed by atoms with Gasteiger partial charge in [-0.25, -0.2) is 0 Å². The third kappa shape index (κ3) is 4.92. The first-order valence-electron chi connectivity index (χ1n) is 7.80. The van der Waals surface area contributed by atoms with E-state index >= 15 is 0 Å². The minimum atomic E-state index is -0.619. The van der Waals surface area contributed by atoms with Gasteiger partial charge in [0.25, 0.3) is 0 Å². The summed E-state index contributed by atoms with van der Waals surface area (Å²) in [5, 5.41) is 10.4. The van der Waals surface area contributed by atoms with Crippen molar-refractivity contribution in [1.82, 2.24) is 0 Å². The molecule has 2 aromatic rings. The molecule has 2 atom stereocenters. The molecule has 0 aliphatic rings. The lowest BCUT2D eigenvalue weighted by Gasteiger charge is -2.20. The number of aliphatic hydroxyl groups excluding tert-OH is 1. The Morgan fingerprint density at radius 3 is 2.35 bits per heavy atom. The monoisotopic (exact) mass is 308 g/mol. The zero-order valence-corrected chi connectivity index (χ0v) is 13.6. The fourth-order valence-corrected chi connectivity index (χ4v) is 2.48. The molecule has 0 aliphatic carbocycles. The molecule has 0 saturated carbocycles. The zero-order valence-electron chi connectivity index (χ0n) is 13.6. The van der Waals surface area contributed by atoms with Crippen LogP contribution in [0.3, 0.4) is 0 Å². The lowest BCUT2D eigenvalue weighted by Crippen LogP contribution is -2.22. The predicted octanol–water partition coefficient (Wildman–Crippen LogP) is 4.57. The van der Waals surface area contributed by atoms with Crippen molar-refractivity contribution in [2.45, 2.75) is 25.6 Å². The van der Waals surface area contributed by atoms with Gasteiger partial charge < -0.3 is 9.84 Å². The molecule has 23 heavy (non-hydrogen) atoms. The van der Waals surface area contributed by atoms with Gasteiger partial charge in [0, 0.05) is 5.92 Å². The minimum absolute atomic E-state index is 0.148. The molecule has 0 spiro atoms. The Balaban J connectivity index is 1.94. The molecule has 2 rings (SSSR count). The molecule has 0 bridgehead atoms. The van der Waals surface area contributed by atoms with E-state index in [-0.39, 0.29) is 12.5 Å². The van der Waals surface area contributed by atoms with Crippen molar-refractivity contribution in [1.29, 1.82) is 0 Å². The van der Waals surface area contributed by atoms with Crippen molar-refractivity contribution in [3.05, 3.63) is 90.5 Å². The van der Waals surface area contributed by atoms with Gasteiger partial charge in [0.1, 0.15) is 0 Å². The Bertz CT molecular complexity index is 629. The number of hydrogen-bond donors (Lipinski definition) is 1. The van der Waals surface area contributed by atoms with E-state index in [9.17, 15) is 5.11 Å². The van der Waals surface area contributed by atoms with Crippen molar-refractivity contribution in [3.63, 3.8) is 0 Å². The Kier molecular flexibility index (Phi) is 6.33. The maximum atomic E-state index is 10.4. The highest BCUT2D eigenvalue weighted by Gasteiger charge is 2.18. The van der Waals surface area contributed by atoms with Crippen molar-refractivity contribution in [2.24, 2.45) is 0 Å². The second-order valence-corrected chi connectivity index (χ2v) is 5.73. The molecule has 0 fully saturated rings. The van der Waals surface area contributed by atoms with Gasteiger partial charge in [-0.05, 0) is 23.6 Å². The molecule has 2 aromatic carbocycles. The van der Waals surface area contributed by atoms with Crippen LogP contribution in [0.5, 0.6) is 0 Å². The summed E-state index contributed by atoms with van der Waals surface area (Å²) in [4.78, 5) is 0. The third-order valence-electron chi connectivity index (χ3n) is 3.86. The second kappa shape index (κ2) is 8.47. The fraction of sp³-hybridized carbons (Fsp3) is 0.238. The van der Waals surface area contributed by atoms with Crippen LogP contribution in [0.4, 0.5) is 0 Å². The molecule has 0 radical (unpaired) electrons. The average molecular weight is 308 g/mol. The number of rotatable bonds is 8. The molecule has 0 saturated heterocycles. The van der Waals surface area contributed by atoms with E-state index in [1.165, 1.54) is 0 Å². The Labute approximate surface area is 138 Å². The van der Waals surface area contributed by atoms with E-state index in [2.05, 4.69) is 13.2 Å². The summed E-state index contributed by atoms with van der Waals surface area (Å²) in [6, 6.07) is 18.0. The standard InChI is InChI=1S/C21H24O2/c1-4-20(19-12-10-18(11-13-19)16(2)3)21(22)15-23-14-17-8-6-5-7-9-17/h4-13,20-22H,1-2,14-15H2,3H3. The highest BCUT2D eigenvalue weighted by atomic mass is 16.5. The van der Waals surface area contributed by atoms with Crippen molar-refractivity contribution < 1.29 is 9.84 Å². The van der Waals surface area contributed by atoms with Gasteiger partial charge in [-0.3, -0.25) is 0 Å². The molecule has 2 heteroatoms. The second-order valence-electron chi connectivity index (χ2n) is 5.73. The number of benzene rings is 2. The normalized spacial score (nSPS) is 13.3. The molecule has 0 heterocycles. The van der Waals surface area contributed by atoms with E-state index < -0.39 is 6.10 Å². The van der Waals surface area contributed by atoms with Gasteiger partial charge in [-0.2, -0.15) is 0 Å². The maximum absolute atomic E-state index is 10.4. The van der Waals surface area contributed by atoms with E-state index in [1.807, 2.05) is 61.5 Å². The van der Waals surface area contributed by atoms with E-state index in [4.69, 9.17) is 4.74 Å². The molecule has 1 N–H and O–H groups in total. The van der Waals surface area contributed by atoms with Gasteiger partial charge in [0.2, 0.25) is 0 Å². The van der Waals surface area contributed by atoms with Gasteiger partial charge in [-0.1, -0.05) is 72.8 Å². The first-order valence-corrected chi connectivity index (χ1v) is 7.80. The van der Waals surface area contributed by atoms with Crippen molar-refractivity contribution in [3.8, 4) is 0 Å². The van der Waals surface area contributed by atoms with Gasteiger partial charge in [0.05, 0.1) is 19.3 Å². The third-order valence-corrected chi connectivity index (χ3v) is 3.86. The summed E-state index contributed by atoms with van der Waals surface area (Å²) in [5.41, 5.74) is 4.26. The van der Waals surface area contributed by atoms with Crippen LogP contribution in [0.15, 0.2) is 73.8 Å². The Hall–Kier alpha value is -2.16. The smallest absolute Gasteiger partial charge is 0.0876 e. The molecule has 0 aliphatic heterocycles. The topological polar surface area (TPSA) is 29.5 Å². The Morgan fingerprint density at radius 2 is 1.78 bits per heavy atom. The largest absolute Gasteiger partial charge is 0.390 e. The molecule has 0 aromatic heterocycles. The zero-order chi connectivity index (χ0) is 16.7. The number of allylic oxidation sites excluding steroid dienone is 1. The molecule has 2 nitrogen and oxygen atoms in total. The summed E-state index contributed by atoms with van der Waals surface area (Å²) < 4.78 is 5.64. The molecule has 2 unspecified atom stereocenters. The number of aliphatic hydroxyl groups is 1. The van der Waals surface area contributed by atoms with Crippen LogP contribution in [0.2, 0.25) is 0 Å². The molecule has 120 valence electrons. The molecule has 0 amide bonds. The van der Waals surface area contributed by atoms with Crippen LogP contribution < -0.4 is 0 Å². The quantitative estimate of drug-likeness (QED) is 0.724. The van der Waals surface area contributed by atoms with Gasteiger partial charge >= 0.3 is 0 Å². The van der Waals surface area contributed by atoms with Crippen LogP contribution in [0.25, 0.3) is 5.57 Å². The highest BCUT2D eigenvalue weighted by molar-refractivity contribution is 5.61. The summed E-state index contributed by atoms with van der Waals surface area (Å²) in [7, 11) is 0. The Morgan fingerprint density at radius 1 is 1.13 bits per heavy atom. The summed E-state index contributed by atoms with van der Waals surface area (Å²) in [6.45, 7) is 10.5. The van der Waals surface area contributed by atoms with Gasteiger partial charge in [-0.15, -0.1) is 6.58 Å². The van der Waals surface area contributed by atoms with E-state index in [0.717, 1.165) is 22.3 Å². The van der Waals surface area contributed by atoms with Crippen LogP contribution in [0, 0.1) is 0 Å². The molecular weight excluding hydrogens is 284 g/mol. The number of ether oxygens (including phenoxy) is 1. The number of hydrogen-bond acceptors (Lipinski definition) is 2. The van der Waals surface area contributed by atoms with Crippen molar-refractivity contribution >= 4 is 5.57 Å². The lowest BCUT2D eigenvalue weighted by atomic mass is 9.92. The molecular formula is C21H24O2. The van der Waals surface area contributed by atoms with Crippen LogP contribution in [-0.2, 0) is 11.3 Å². The first kappa shape index (κ1) is 17.2. The maximum Gasteiger partial charge on any atom is 0.0876 e. The van der Waals surface area contributed by atoms with Crippen molar-refractivity contribution in [2.75, 3.05) is 6.61 Å². The van der Waals surface area contributed by atoms with Crippen LogP contribution >= 0.6 is 0 Å². The van der Waals surface area contributed by atoms with Gasteiger partial charge in [0.15, 0.2) is 0 Å². The SMILES string of the molecule is C=CC(c1ccc(C(=C)C)cc1)C(O)COCc1ccccc1. The fourth-order valence-electron chi connectivity index (χ4n) is 2.48. The van der Waals surface area contributed by atoms with Crippen LogP contribution in [-0.4, -0.2) is 17.8 Å². The minimum Gasteiger partial charge on any atom is -0.390 e. The predicted molar refractivity (Wildman–Crippen MR) is 96.2 cm³/mol. The summed E-state index contributed by atoms with van der Waals surface area (Å²) >= 11 is 0. The van der Waals surface area contributed by atoms with E-state index in [1.54, 1.807) is 6.08 Å². The van der Waals surface area contributed by atoms with E-state index in [0.29, 0.717) is 6.61 Å². The first-order chi connectivity index (χ1) is 11.1. The van der Waals surface area contributed by atoms with Crippen LogP contribution in [0.1, 0.15) is 29.5 Å². The summed E-state index contributed by atoms with van der Waals surface area (Å²) in [6.07, 6.45) is 1.15.